The van der Waals surface area contributed by atoms with Crippen molar-refractivity contribution in [3.8, 4) is 0 Å². The summed E-state index contributed by atoms with van der Waals surface area (Å²) in [5.41, 5.74) is 0. The predicted molar refractivity (Wildman–Crippen MR) is 67.8 cm³/mol. The fourth-order valence-corrected chi connectivity index (χ4v) is 2.78. The fraction of sp³-hybridized carbons (Fsp3) is 0.600. The highest BCUT2D eigenvalue weighted by molar-refractivity contribution is 7.14. The Balaban J connectivity index is 2.14. The largest absolute Gasteiger partial charge is 0.464 e. The van der Waals surface area contributed by atoms with E-state index in [1.165, 1.54) is 11.3 Å². The normalized spacial score (nSPS) is 20.4. The molecule has 1 atom stereocenters. The summed E-state index contributed by atoms with van der Waals surface area (Å²) in [6.45, 7) is 4.33. The zero-order valence-corrected chi connectivity index (χ0v) is 11.1. The highest BCUT2D eigenvalue weighted by Crippen LogP contribution is 2.25. The van der Waals surface area contributed by atoms with Crippen LogP contribution < -0.4 is 10.2 Å². The molecule has 1 aromatic heterocycles. The summed E-state index contributed by atoms with van der Waals surface area (Å²) in [6.07, 6.45) is 0. The van der Waals surface area contributed by atoms with Crippen LogP contribution in [0.4, 0.5) is 5.13 Å². The number of carbonyl (C=O) groups excluding carboxylic acids is 1. The maximum Gasteiger partial charge on any atom is 0.330 e. The van der Waals surface area contributed by atoms with Gasteiger partial charge in [-0.1, -0.05) is 11.6 Å². The summed E-state index contributed by atoms with van der Waals surface area (Å²) >= 11 is 7.25. The van der Waals surface area contributed by atoms with Crippen molar-refractivity contribution in [1.82, 2.24) is 10.3 Å². The van der Waals surface area contributed by atoms with Crippen molar-refractivity contribution in [3.05, 3.63) is 10.5 Å². The van der Waals surface area contributed by atoms with Crippen molar-refractivity contribution >= 4 is 34.0 Å². The number of esters is 1. The first-order chi connectivity index (χ1) is 8.22. The minimum absolute atomic E-state index is 0.217. The van der Waals surface area contributed by atoms with Gasteiger partial charge in [-0.05, 0) is 6.92 Å². The Labute approximate surface area is 109 Å². The van der Waals surface area contributed by atoms with Crippen molar-refractivity contribution in [1.29, 1.82) is 0 Å². The van der Waals surface area contributed by atoms with Crippen molar-refractivity contribution in [2.75, 3.05) is 31.1 Å². The SMILES string of the molecule is CCOC(=O)C1CNCCN1c1nc(Cl)cs1. The number of hydrogen-bond donors (Lipinski definition) is 1. The van der Waals surface area contributed by atoms with Crippen molar-refractivity contribution in [2.45, 2.75) is 13.0 Å². The van der Waals surface area contributed by atoms with E-state index in [2.05, 4.69) is 10.3 Å². The van der Waals surface area contributed by atoms with Crippen LogP contribution in [-0.2, 0) is 9.53 Å². The second-order valence-corrected chi connectivity index (χ2v) is 4.84. The van der Waals surface area contributed by atoms with E-state index in [4.69, 9.17) is 16.3 Å². The molecule has 1 unspecified atom stereocenters. The Hall–Kier alpha value is -0.850. The summed E-state index contributed by atoms with van der Waals surface area (Å²) in [6, 6.07) is -0.314. The molecular formula is C10H14ClN3O2S. The van der Waals surface area contributed by atoms with E-state index >= 15 is 0 Å². The second-order valence-electron chi connectivity index (χ2n) is 3.62. The molecule has 1 saturated heterocycles. The number of hydrogen-bond acceptors (Lipinski definition) is 6. The molecule has 0 saturated carbocycles. The molecule has 1 N–H and O–H groups in total. The number of nitrogens with zero attached hydrogens (tertiary/aromatic N) is 2. The number of halogens is 1. The first-order valence-corrected chi connectivity index (χ1v) is 6.73. The van der Waals surface area contributed by atoms with Crippen LogP contribution in [0.15, 0.2) is 5.38 Å². The number of nitrogens with one attached hydrogen (secondary N) is 1. The third-order valence-electron chi connectivity index (χ3n) is 2.51. The molecule has 7 heteroatoms. The molecule has 1 fully saturated rings. The van der Waals surface area contributed by atoms with Crippen LogP contribution in [0, 0.1) is 0 Å². The van der Waals surface area contributed by atoms with Crippen molar-refractivity contribution in [3.63, 3.8) is 0 Å². The van der Waals surface area contributed by atoms with Gasteiger partial charge in [-0.25, -0.2) is 9.78 Å². The van der Waals surface area contributed by atoms with Crippen LogP contribution in [0.2, 0.25) is 5.15 Å². The molecule has 0 radical (unpaired) electrons. The topological polar surface area (TPSA) is 54.5 Å². The Morgan fingerprint density at radius 3 is 3.29 bits per heavy atom. The van der Waals surface area contributed by atoms with Gasteiger partial charge in [0, 0.05) is 25.0 Å². The first kappa shape index (κ1) is 12.6. The van der Waals surface area contributed by atoms with Gasteiger partial charge >= 0.3 is 5.97 Å². The van der Waals surface area contributed by atoms with Crippen LogP contribution in [0.5, 0.6) is 0 Å². The van der Waals surface area contributed by atoms with Crippen LogP contribution >= 0.6 is 22.9 Å². The summed E-state index contributed by atoms with van der Waals surface area (Å²) < 4.78 is 5.06. The molecule has 2 rings (SSSR count). The Morgan fingerprint density at radius 1 is 1.82 bits per heavy atom. The molecule has 0 aromatic carbocycles. The molecule has 0 bridgehead atoms. The molecular weight excluding hydrogens is 262 g/mol. The van der Waals surface area contributed by atoms with Gasteiger partial charge in [0.1, 0.15) is 11.2 Å². The van der Waals surface area contributed by atoms with E-state index < -0.39 is 0 Å². The zero-order chi connectivity index (χ0) is 12.3. The average Bonchev–Trinajstić information content (AvgIpc) is 2.76. The van der Waals surface area contributed by atoms with Crippen LogP contribution in [0.3, 0.4) is 0 Å². The summed E-state index contributed by atoms with van der Waals surface area (Å²) in [5.74, 6) is -0.217. The number of anilines is 1. The third-order valence-corrected chi connectivity index (χ3v) is 3.71. The second kappa shape index (κ2) is 5.66. The van der Waals surface area contributed by atoms with E-state index in [1.54, 1.807) is 12.3 Å². The Bertz CT molecular complexity index is 399. The quantitative estimate of drug-likeness (QED) is 0.839. The van der Waals surface area contributed by atoms with E-state index in [0.29, 0.717) is 18.3 Å². The molecule has 1 aliphatic rings. The average molecular weight is 276 g/mol. The molecule has 17 heavy (non-hydrogen) atoms. The van der Waals surface area contributed by atoms with Gasteiger partial charge in [0.25, 0.3) is 0 Å². The van der Waals surface area contributed by atoms with Gasteiger partial charge in [-0.2, -0.15) is 0 Å². The van der Waals surface area contributed by atoms with Gasteiger partial charge in [-0.15, -0.1) is 11.3 Å². The molecule has 0 amide bonds. The number of thiazole rings is 1. The van der Waals surface area contributed by atoms with Gasteiger partial charge in [-0.3, -0.25) is 0 Å². The molecule has 0 spiro atoms. The monoisotopic (exact) mass is 275 g/mol. The van der Waals surface area contributed by atoms with Crippen LogP contribution in [-0.4, -0.2) is 43.2 Å². The number of piperazine rings is 1. The van der Waals surface area contributed by atoms with Gasteiger partial charge in [0.2, 0.25) is 0 Å². The first-order valence-electron chi connectivity index (χ1n) is 5.47. The highest BCUT2D eigenvalue weighted by Gasteiger charge is 2.31. The van der Waals surface area contributed by atoms with Crippen LogP contribution in [0.25, 0.3) is 0 Å². The van der Waals surface area contributed by atoms with E-state index in [1.807, 2.05) is 4.90 Å². The smallest absolute Gasteiger partial charge is 0.330 e. The van der Waals surface area contributed by atoms with E-state index in [9.17, 15) is 4.79 Å². The lowest BCUT2D eigenvalue weighted by Crippen LogP contribution is -2.55. The minimum Gasteiger partial charge on any atom is -0.464 e. The zero-order valence-electron chi connectivity index (χ0n) is 9.48. The molecule has 2 heterocycles. The summed E-state index contributed by atoms with van der Waals surface area (Å²) in [5, 5.41) is 6.18. The fourth-order valence-electron chi connectivity index (χ4n) is 1.76. The lowest BCUT2D eigenvalue weighted by Gasteiger charge is -2.34. The standard InChI is InChI=1S/C10H14ClN3O2S/c1-2-16-9(15)7-5-12-3-4-14(7)10-13-8(11)6-17-10/h6-7,12H,2-5H2,1H3. The predicted octanol–water partition coefficient (Wildman–Crippen LogP) is 1.14. The van der Waals surface area contributed by atoms with Gasteiger partial charge in [0.05, 0.1) is 6.61 Å². The summed E-state index contributed by atoms with van der Waals surface area (Å²) in [4.78, 5) is 18.0. The Kier molecular flexibility index (Phi) is 4.20. The lowest BCUT2D eigenvalue weighted by atomic mass is 10.2. The third kappa shape index (κ3) is 2.88. The number of rotatable bonds is 3. The van der Waals surface area contributed by atoms with Crippen LogP contribution in [0.1, 0.15) is 6.92 Å². The number of aromatic nitrogens is 1. The highest BCUT2D eigenvalue weighted by atomic mass is 35.5. The molecule has 1 aliphatic heterocycles. The molecule has 0 aliphatic carbocycles. The molecule has 1 aromatic rings. The molecule has 5 nitrogen and oxygen atoms in total. The van der Waals surface area contributed by atoms with Crippen molar-refractivity contribution < 1.29 is 9.53 Å². The van der Waals surface area contributed by atoms with Crippen molar-refractivity contribution in [2.24, 2.45) is 0 Å². The minimum atomic E-state index is -0.314. The van der Waals surface area contributed by atoms with Gasteiger partial charge < -0.3 is 15.0 Å². The maximum atomic E-state index is 11.8. The Morgan fingerprint density at radius 2 is 2.65 bits per heavy atom. The molecule has 94 valence electrons. The number of carbonyl (C=O) groups is 1. The van der Waals surface area contributed by atoms with E-state index in [0.717, 1.165) is 18.2 Å². The van der Waals surface area contributed by atoms with Gasteiger partial charge in [0.15, 0.2) is 5.13 Å². The lowest BCUT2D eigenvalue weighted by molar-refractivity contribution is -0.144. The van der Waals surface area contributed by atoms with E-state index in [-0.39, 0.29) is 12.0 Å². The maximum absolute atomic E-state index is 11.8. The summed E-state index contributed by atoms with van der Waals surface area (Å²) in [7, 11) is 0. The number of ether oxygens (including phenoxy) is 1.